The molecule has 2 aliphatic heterocycles. The maximum Gasteiger partial charge on any atom is 0.328 e. The Morgan fingerprint density at radius 3 is 2.53 bits per heavy atom. The van der Waals surface area contributed by atoms with Crippen LogP contribution in [0.5, 0.6) is 0 Å². The molecule has 0 spiro atoms. The molecule has 0 saturated heterocycles. The van der Waals surface area contributed by atoms with Gasteiger partial charge in [-0.2, -0.15) is 0 Å². The molecule has 6 rings (SSSR count). The van der Waals surface area contributed by atoms with Crippen molar-refractivity contribution in [2.45, 2.75) is 33.2 Å². The fourth-order valence-corrected chi connectivity index (χ4v) is 5.87. The molecule has 2 amide bonds. The van der Waals surface area contributed by atoms with Crippen LogP contribution < -0.4 is 11.0 Å². The lowest BCUT2D eigenvalue weighted by Gasteiger charge is -2.20. The number of carbonyl (C=O) groups excluding carboxylic acids is 2. The normalized spacial score (nSPS) is 17.3. The number of carbonyl (C=O) groups is 2. The number of aryl methyl sites for hydroxylation is 2. The summed E-state index contributed by atoms with van der Waals surface area (Å²) in [5.74, 6) is -0.485. The van der Waals surface area contributed by atoms with Gasteiger partial charge in [0.1, 0.15) is 0 Å². The minimum atomic E-state index is -0.386. The number of benzene rings is 2. The van der Waals surface area contributed by atoms with E-state index in [4.69, 9.17) is 0 Å². The zero-order valence-corrected chi connectivity index (χ0v) is 21.1. The molecule has 0 radical (unpaired) electrons. The second-order valence-electron chi connectivity index (χ2n) is 10.3. The molecule has 2 aromatic heterocycles. The van der Waals surface area contributed by atoms with Gasteiger partial charge in [-0.05, 0) is 41.3 Å². The van der Waals surface area contributed by atoms with Crippen molar-refractivity contribution in [3.63, 3.8) is 0 Å². The van der Waals surface area contributed by atoms with Gasteiger partial charge in [0.15, 0.2) is 0 Å². The second kappa shape index (κ2) is 7.71. The van der Waals surface area contributed by atoms with Crippen LogP contribution >= 0.6 is 0 Å². The van der Waals surface area contributed by atoms with E-state index in [0.29, 0.717) is 11.5 Å². The standard InChI is InChI=1S/C28H29N5O3/c1-15(2)12-32-13-18-24(17-9-10-21-23(11-17)31(5)28(36)30(21)4)26-20(14-33(16(3)34)27(26)35)29-19-7-6-8-22(32)25(18)19/h6-11,13,15,24,29H,12,14H2,1-5H3. The van der Waals surface area contributed by atoms with Crippen molar-refractivity contribution in [3.8, 4) is 0 Å². The molecule has 2 aromatic carbocycles. The van der Waals surface area contributed by atoms with Crippen LogP contribution in [0.4, 0.5) is 5.69 Å². The minimum Gasteiger partial charge on any atom is -0.356 e. The van der Waals surface area contributed by atoms with Crippen LogP contribution in [-0.2, 0) is 30.2 Å². The summed E-state index contributed by atoms with van der Waals surface area (Å²) in [4.78, 5) is 40.0. The first-order chi connectivity index (χ1) is 17.2. The van der Waals surface area contributed by atoms with Crippen LogP contribution in [-0.4, -0.2) is 37.0 Å². The number of nitrogens with one attached hydrogen (secondary N) is 1. The summed E-state index contributed by atoms with van der Waals surface area (Å²) in [7, 11) is 3.52. The smallest absolute Gasteiger partial charge is 0.328 e. The number of imide groups is 1. The van der Waals surface area contributed by atoms with Crippen LogP contribution in [0.15, 0.2) is 58.7 Å². The summed E-state index contributed by atoms with van der Waals surface area (Å²) in [6, 6.07) is 12.1. The van der Waals surface area contributed by atoms with E-state index in [1.165, 1.54) is 11.8 Å². The molecule has 0 saturated carbocycles. The van der Waals surface area contributed by atoms with Gasteiger partial charge in [0, 0.05) is 56.4 Å². The monoisotopic (exact) mass is 483 g/mol. The molecule has 0 bridgehead atoms. The predicted octanol–water partition coefficient (Wildman–Crippen LogP) is 3.69. The van der Waals surface area contributed by atoms with Crippen molar-refractivity contribution in [2.24, 2.45) is 20.0 Å². The topological polar surface area (TPSA) is 81.3 Å². The molecule has 8 nitrogen and oxygen atoms in total. The quantitative estimate of drug-likeness (QED) is 0.482. The Morgan fingerprint density at radius 2 is 1.81 bits per heavy atom. The first-order valence-corrected chi connectivity index (χ1v) is 12.3. The van der Waals surface area contributed by atoms with E-state index in [9.17, 15) is 14.4 Å². The molecule has 184 valence electrons. The summed E-state index contributed by atoms with van der Waals surface area (Å²) in [6.07, 6.45) is 2.16. The van der Waals surface area contributed by atoms with E-state index in [1.807, 2.05) is 30.3 Å². The van der Waals surface area contributed by atoms with Crippen molar-refractivity contribution < 1.29 is 9.59 Å². The number of hydrogen-bond donors (Lipinski definition) is 1. The lowest BCUT2D eigenvalue weighted by atomic mass is 9.84. The largest absolute Gasteiger partial charge is 0.356 e. The van der Waals surface area contributed by atoms with Gasteiger partial charge >= 0.3 is 5.69 Å². The molecular weight excluding hydrogens is 454 g/mol. The van der Waals surface area contributed by atoms with Gasteiger partial charge < -0.3 is 9.88 Å². The van der Waals surface area contributed by atoms with E-state index in [-0.39, 0.29) is 30.0 Å². The molecule has 0 fully saturated rings. The molecule has 4 aromatic rings. The SMILES string of the molecule is CC(=O)N1CC2=C(C1=O)C(c1ccc3c(c1)n(C)c(=O)n3C)c1cn(CC(C)C)c3cccc(c13)N2. The summed E-state index contributed by atoms with van der Waals surface area (Å²) >= 11 is 0. The highest BCUT2D eigenvalue weighted by atomic mass is 16.2. The average molecular weight is 484 g/mol. The van der Waals surface area contributed by atoms with Crippen LogP contribution in [0.25, 0.3) is 21.9 Å². The Hall–Kier alpha value is -4.07. The molecule has 0 aliphatic carbocycles. The molecule has 1 N–H and O–H groups in total. The van der Waals surface area contributed by atoms with Crippen LogP contribution in [0.3, 0.4) is 0 Å². The molecule has 8 heteroatoms. The average Bonchev–Trinajstić information content (AvgIpc) is 3.38. The van der Waals surface area contributed by atoms with E-state index in [0.717, 1.165) is 51.0 Å². The fraction of sp³-hybridized carbons (Fsp3) is 0.321. The molecule has 2 aliphatic rings. The highest BCUT2D eigenvalue weighted by Gasteiger charge is 2.41. The van der Waals surface area contributed by atoms with Crippen LogP contribution in [0, 0.1) is 5.92 Å². The predicted molar refractivity (Wildman–Crippen MR) is 140 cm³/mol. The number of aromatic nitrogens is 3. The molecule has 1 unspecified atom stereocenters. The summed E-state index contributed by atoms with van der Waals surface area (Å²) in [5.41, 5.74) is 6.87. The molecule has 36 heavy (non-hydrogen) atoms. The van der Waals surface area contributed by atoms with Gasteiger partial charge in [-0.15, -0.1) is 0 Å². The number of nitrogens with zero attached hydrogens (tertiary/aromatic N) is 4. The zero-order valence-electron chi connectivity index (χ0n) is 21.1. The third-order valence-electron chi connectivity index (χ3n) is 7.51. The Bertz CT molecular complexity index is 1700. The number of amides is 2. The second-order valence-corrected chi connectivity index (χ2v) is 10.3. The fourth-order valence-electron chi connectivity index (χ4n) is 5.87. The van der Waals surface area contributed by atoms with E-state index in [1.54, 1.807) is 23.2 Å². The summed E-state index contributed by atoms with van der Waals surface area (Å²) in [6.45, 7) is 6.87. The van der Waals surface area contributed by atoms with Gasteiger partial charge in [0.2, 0.25) is 5.91 Å². The summed E-state index contributed by atoms with van der Waals surface area (Å²) in [5, 5.41) is 4.61. The first kappa shape index (κ1) is 22.4. The minimum absolute atomic E-state index is 0.0971. The third-order valence-corrected chi connectivity index (χ3v) is 7.51. The first-order valence-electron chi connectivity index (χ1n) is 12.3. The maximum absolute atomic E-state index is 13.7. The number of rotatable bonds is 3. The lowest BCUT2D eigenvalue weighted by molar-refractivity contribution is -0.139. The molecular formula is C28H29N5O3. The van der Waals surface area contributed by atoms with E-state index >= 15 is 0 Å². The van der Waals surface area contributed by atoms with Crippen LogP contribution in [0.2, 0.25) is 0 Å². The number of hydrogen-bond acceptors (Lipinski definition) is 4. The number of fused-ring (bicyclic) bond motifs is 1. The van der Waals surface area contributed by atoms with Crippen molar-refractivity contribution in [2.75, 3.05) is 11.9 Å². The van der Waals surface area contributed by atoms with Gasteiger partial charge in [0.25, 0.3) is 5.91 Å². The Balaban J connectivity index is 1.66. The van der Waals surface area contributed by atoms with Gasteiger partial charge in [-0.25, -0.2) is 4.79 Å². The van der Waals surface area contributed by atoms with Gasteiger partial charge in [0.05, 0.1) is 28.7 Å². The van der Waals surface area contributed by atoms with Crippen molar-refractivity contribution in [3.05, 3.63) is 75.5 Å². The van der Waals surface area contributed by atoms with E-state index < -0.39 is 0 Å². The molecule has 1 atom stereocenters. The Kier molecular flexibility index (Phi) is 4.80. The lowest BCUT2D eigenvalue weighted by Crippen LogP contribution is -2.33. The Labute approximate surface area is 208 Å². The van der Waals surface area contributed by atoms with Gasteiger partial charge in [-0.1, -0.05) is 26.0 Å². The summed E-state index contributed by atoms with van der Waals surface area (Å²) < 4.78 is 5.52. The zero-order chi connectivity index (χ0) is 25.5. The van der Waals surface area contributed by atoms with Crippen molar-refractivity contribution in [1.29, 1.82) is 0 Å². The van der Waals surface area contributed by atoms with Crippen LogP contribution in [0.1, 0.15) is 37.8 Å². The molecule has 4 heterocycles. The third kappa shape index (κ3) is 3.03. The Morgan fingerprint density at radius 1 is 1.06 bits per heavy atom. The highest BCUT2D eigenvalue weighted by molar-refractivity contribution is 6.11. The van der Waals surface area contributed by atoms with Gasteiger partial charge in [-0.3, -0.25) is 23.6 Å². The van der Waals surface area contributed by atoms with Crippen molar-refractivity contribution >= 4 is 39.4 Å². The number of imidazole rings is 1. The van der Waals surface area contributed by atoms with E-state index in [2.05, 4.69) is 36.0 Å². The maximum atomic E-state index is 13.7. The van der Waals surface area contributed by atoms with Crippen molar-refractivity contribution in [1.82, 2.24) is 18.6 Å². The number of anilines is 1. The highest BCUT2D eigenvalue weighted by Crippen LogP contribution is 2.46.